The van der Waals surface area contributed by atoms with E-state index in [1.54, 1.807) is 0 Å². The van der Waals surface area contributed by atoms with Crippen molar-refractivity contribution < 1.29 is 0 Å². The van der Waals surface area contributed by atoms with Gasteiger partial charge in [-0.1, -0.05) is 12.2 Å². The van der Waals surface area contributed by atoms with Gasteiger partial charge in [-0.2, -0.15) is 0 Å². The van der Waals surface area contributed by atoms with Crippen LogP contribution in [0.1, 0.15) is 19.3 Å². The Morgan fingerprint density at radius 3 is 2.67 bits per heavy atom. The standard InChI is InChI=1S/C7H14N2/c8-6-4-2-1-3-5-7(6)9/h1-2,6-7H,3-5,8-9H2/t6-,7?/m0/s1. The zero-order valence-electron chi connectivity index (χ0n) is 5.59. The Balaban J connectivity index is 2.42. The van der Waals surface area contributed by atoms with E-state index in [1.807, 2.05) is 0 Å². The number of hydrogen-bond acceptors (Lipinski definition) is 2. The highest BCUT2D eigenvalue weighted by Gasteiger charge is 2.12. The molecule has 1 aliphatic rings. The summed E-state index contributed by atoms with van der Waals surface area (Å²) in [4.78, 5) is 0. The summed E-state index contributed by atoms with van der Waals surface area (Å²) in [7, 11) is 0. The Hall–Kier alpha value is -0.340. The maximum absolute atomic E-state index is 5.71. The minimum absolute atomic E-state index is 0.184. The van der Waals surface area contributed by atoms with Crippen molar-refractivity contribution in [2.24, 2.45) is 11.5 Å². The maximum atomic E-state index is 5.71. The van der Waals surface area contributed by atoms with Crippen molar-refractivity contribution in [2.45, 2.75) is 31.3 Å². The molecule has 0 aromatic heterocycles. The first-order chi connectivity index (χ1) is 4.30. The zero-order chi connectivity index (χ0) is 6.69. The van der Waals surface area contributed by atoms with Gasteiger partial charge in [0, 0.05) is 12.1 Å². The highest BCUT2D eigenvalue weighted by molar-refractivity contribution is 4.94. The molecule has 0 saturated heterocycles. The summed E-state index contributed by atoms with van der Waals surface area (Å²) in [5, 5.41) is 0. The second-order valence-electron chi connectivity index (χ2n) is 2.61. The van der Waals surface area contributed by atoms with Gasteiger partial charge in [0.2, 0.25) is 0 Å². The SMILES string of the molecule is NC1CCC=CC[C@@H]1N. The maximum Gasteiger partial charge on any atom is 0.0227 e. The molecule has 0 amide bonds. The van der Waals surface area contributed by atoms with Gasteiger partial charge in [-0.05, 0) is 19.3 Å². The molecular weight excluding hydrogens is 112 g/mol. The smallest absolute Gasteiger partial charge is 0.0227 e. The van der Waals surface area contributed by atoms with Crippen molar-refractivity contribution in [3.63, 3.8) is 0 Å². The van der Waals surface area contributed by atoms with E-state index >= 15 is 0 Å². The van der Waals surface area contributed by atoms with E-state index in [2.05, 4.69) is 12.2 Å². The van der Waals surface area contributed by atoms with Crippen LogP contribution in [-0.2, 0) is 0 Å². The fraction of sp³-hybridized carbons (Fsp3) is 0.714. The summed E-state index contributed by atoms with van der Waals surface area (Å²) < 4.78 is 0. The number of hydrogen-bond donors (Lipinski definition) is 2. The zero-order valence-corrected chi connectivity index (χ0v) is 5.59. The van der Waals surface area contributed by atoms with Crippen LogP contribution < -0.4 is 11.5 Å². The molecule has 0 aromatic carbocycles. The van der Waals surface area contributed by atoms with Gasteiger partial charge < -0.3 is 11.5 Å². The number of nitrogens with two attached hydrogens (primary N) is 2. The molecule has 4 N–H and O–H groups in total. The molecule has 0 aromatic rings. The third kappa shape index (κ3) is 1.80. The molecule has 1 aliphatic carbocycles. The lowest BCUT2D eigenvalue weighted by Gasteiger charge is -2.14. The van der Waals surface area contributed by atoms with Crippen LogP contribution >= 0.6 is 0 Å². The van der Waals surface area contributed by atoms with E-state index < -0.39 is 0 Å². The lowest BCUT2D eigenvalue weighted by molar-refractivity contribution is 0.513. The molecule has 2 heteroatoms. The Kier molecular flexibility index (Phi) is 2.25. The first-order valence-electron chi connectivity index (χ1n) is 3.47. The molecule has 1 rings (SSSR count). The van der Waals surface area contributed by atoms with Crippen molar-refractivity contribution >= 4 is 0 Å². The molecule has 0 aliphatic heterocycles. The predicted octanol–water partition coefficient (Wildman–Crippen LogP) is 0.381. The van der Waals surface area contributed by atoms with Crippen LogP contribution in [0.5, 0.6) is 0 Å². The van der Waals surface area contributed by atoms with Crippen LogP contribution in [0.15, 0.2) is 12.2 Å². The molecule has 0 saturated carbocycles. The molecule has 0 spiro atoms. The van der Waals surface area contributed by atoms with Gasteiger partial charge in [0.05, 0.1) is 0 Å². The van der Waals surface area contributed by atoms with E-state index in [0.29, 0.717) is 0 Å². The Bertz CT molecular complexity index is 109. The largest absolute Gasteiger partial charge is 0.326 e. The number of allylic oxidation sites excluding steroid dienone is 1. The third-order valence-electron chi connectivity index (χ3n) is 1.79. The molecule has 0 heterocycles. The van der Waals surface area contributed by atoms with Gasteiger partial charge in [-0.15, -0.1) is 0 Å². The normalized spacial score (nSPS) is 36.2. The van der Waals surface area contributed by atoms with Crippen molar-refractivity contribution in [3.05, 3.63) is 12.2 Å². The van der Waals surface area contributed by atoms with E-state index in [-0.39, 0.29) is 12.1 Å². The molecule has 0 fully saturated rings. The van der Waals surface area contributed by atoms with E-state index in [4.69, 9.17) is 11.5 Å². The fourth-order valence-electron chi connectivity index (χ4n) is 1.05. The highest BCUT2D eigenvalue weighted by Crippen LogP contribution is 2.07. The van der Waals surface area contributed by atoms with Crippen LogP contribution in [-0.4, -0.2) is 12.1 Å². The van der Waals surface area contributed by atoms with E-state index in [9.17, 15) is 0 Å². The van der Waals surface area contributed by atoms with Crippen LogP contribution in [0.25, 0.3) is 0 Å². The van der Waals surface area contributed by atoms with E-state index in [0.717, 1.165) is 19.3 Å². The molecule has 1 unspecified atom stereocenters. The summed E-state index contributed by atoms with van der Waals surface area (Å²) >= 11 is 0. The first kappa shape index (κ1) is 6.78. The third-order valence-corrected chi connectivity index (χ3v) is 1.79. The highest BCUT2D eigenvalue weighted by atomic mass is 14.8. The molecule has 0 radical (unpaired) electrons. The Morgan fingerprint density at radius 2 is 1.89 bits per heavy atom. The second kappa shape index (κ2) is 2.99. The van der Waals surface area contributed by atoms with Crippen molar-refractivity contribution in [2.75, 3.05) is 0 Å². The first-order valence-corrected chi connectivity index (χ1v) is 3.47. The van der Waals surface area contributed by atoms with Gasteiger partial charge in [0.25, 0.3) is 0 Å². The van der Waals surface area contributed by atoms with Gasteiger partial charge in [0.1, 0.15) is 0 Å². The van der Waals surface area contributed by atoms with Crippen LogP contribution in [0, 0.1) is 0 Å². The quantitative estimate of drug-likeness (QED) is 0.461. The van der Waals surface area contributed by atoms with Crippen molar-refractivity contribution in [3.8, 4) is 0 Å². The van der Waals surface area contributed by atoms with Gasteiger partial charge in [-0.25, -0.2) is 0 Å². The molecule has 9 heavy (non-hydrogen) atoms. The van der Waals surface area contributed by atoms with Crippen molar-refractivity contribution in [1.82, 2.24) is 0 Å². The molecule has 2 atom stereocenters. The monoisotopic (exact) mass is 126 g/mol. The Morgan fingerprint density at radius 1 is 1.11 bits per heavy atom. The summed E-state index contributed by atoms with van der Waals surface area (Å²) in [6.07, 6.45) is 7.36. The summed E-state index contributed by atoms with van der Waals surface area (Å²) in [6, 6.07) is 0.392. The molecule has 52 valence electrons. The lowest BCUT2D eigenvalue weighted by Crippen LogP contribution is -2.40. The Labute approximate surface area is 55.9 Å². The number of rotatable bonds is 0. The van der Waals surface area contributed by atoms with Crippen molar-refractivity contribution in [1.29, 1.82) is 0 Å². The van der Waals surface area contributed by atoms with Gasteiger partial charge >= 0.3 is 0 Å². The summed E-state index contributed by atoms with van der Waals surface area (Å²) in [6.45, 7) is 0. The summed E-state index contributed by atoms with van der Waals surface area (Å²) in [5.41, 5.74) is 11.4. The van der Waals surface area contributed by atoms with E-state index in [1.165, 1.54) is 0 Å². The molecule has 0 bridgehead atoms. The van der Waals surface area contributed by atoms with Crippen LogP contribution in [0.2, 0.25) is 0 Å². The average molecular weight is 126 g/mol. The minimum atomic E-state index is 0.184. The molecule has 2 nitrogen and oxygen atoms in total. The average Bonchev–Trinajstić information content (AvgIpc) is 1.99. The minimum Gasteiger partial charge on any atom is -0.326 e. The fourth-order valence-corrected chi connectivity index (χ4v) is 1.05. The van der Waals surface area contributed by atoms with Gasteiger partial charge in [-0.3, -0.25) is 0 Å². The van der Waals surface area contributed by atoms with Crippen LogP contribution in [0.3, 0.4) is 0 Å². The summed E-state index contributed by atoms with van der Waals surface area (Å²) in [5.74, 6) is 0. The van der Waals surface area contributed by atoms with Gasteiger partial charge in [0.15, 0.2) is 0 Å². The van der Waals surface area contributed by atoms with Crippen LogP contribution in [0.4, 0.5) is 0 Å². The predicted molar refractivity (Wildman–Crippen MR) is 38.9 cm³/mol. The second-order valence-corrected chi connectivity index (χ2v) is 2.61. The topological polar surface area (TPSA) is 52.0 Å². The lowest BCUT2D eigenvalue weighted by atomic mass is 10.1. The molecular formula is C7H14N2.